The molecule has 170 valence electrons. The van der Waals surface area contributed by atoms with Gasteiger partial charge in [-0.3, -0.25) is 4.79 Å². The van der Waals surface area contributed by atoms with Crippen molar-refractivity contribution in [3.63, 3.8) is 0 Å². The molecule has 0 saturated heterocycles. The van der Waals surface area contributed by atoms with E-state index in [1.807, 2.05) is 42.5 Å². The van der Waals surface area contributed by atoms with E-state index in [1.165, 1.54) is 18.2 Å². The third kappa shape index (κ3) is 5.39. The summed E-state index contributed by atoms with van der Waals surface area (Å²) in [5.41, 5.74) is 1.40. The molecule has 1 amide bonds. The Labute approximate surface area is 195 Å². The summed E-state index contributed by atoms with van der Waals surface area (Å²) in [5.74, 6) is -0.454. The highest BCUT2D eigenvalue weighted by Gasteiger charge is 2.14. The lowest BCUT2D eigenvalue weighted by molar-refractivity contribution is -0.136. The van der Waals surface area contributed by atoms with E-state index in [-0.39, 0.29) is 30.0 Å². The van der Waals surface area contributed by atoms with Gasteiger partial charge in [0.05, 0.1) is 0 Å². The van der Waals surface area contributed by atoms with Crippen LogP contribution in [0, 0.1) is 0 Å². The fraction of sp³-hybridized carbons (Fsp3) is 0.0741. The number of hydrogen-bond donors (Lipinski definition) is 1. The molecule has 0 aliphatic heterocycles. The molecule has 7 heteroatoms. The maximum absolute atomic E-state index is 12.2. The lowest BCUT2D eigenvalue weighted by Gasteiger charge is -2.08. The van der Waals surface area contributed by atoms with Gasteiger partial charge in [-0.15, -0.1) is 6.58 Å². The summed E-state index contributed by atoms with van der Waals surface area (Å²) in [4.78, 5) is 36.4. The highest BCUT2D eigenvalue weighted by atomic mass is 16.6. The molecule has 0 unspecified atom stereocenters. The Hall–Kier alpha value is -4.65. The average Bonchev–Trinajstić information content (AvgIpc) is 2.86. The van der Waals surface area contributed by atoms with Crippen LogP contribution in [0.15, 0.2) is 101 Å². The van der Waals surface area contributed by atoms with Gasteiger partial charge < -0.3 is 19.2 Å². The first-order chi connectivity index (χ1) is 16.5. The number of fused-ring (bicyclic) bond motifs is 1. The van der Waals surface area contributed by atoms with Gasteiger partial charge in [0.15, 0.2) is 6.61 Å². The van der Waals surface area contributed by atoms with Gasteiger partial charge in [0, 0.05) is 18.0 Å². The Morgan fingerprint density at radius 2 is 1.62 bits per heavy atom. The number of benzene rings is 3. The second kappa shape index (κ2) is 10.3. The molecule has 0 spiro atoms. The van der Waals surface area contributed by atoms with Crippen LogP contribution in [0.3, 0.4) is 0 Å². The first kappa shape index (κ1) is 22.5. The van der Waals surface area contributed by atoms with Crippen LogP contribution in [0.5, 0.6) is 11.5 Å². The van der Waals surface area contributed by atoms with E-state index >= 15 is 0 Å². The largest absolute Gasteiger partial charge is 0.482 e. The van der Waals surface area contributed by atoms with Gasteiger partial charge in [0.1, 0.15) is 22.6 Å². The number of esters is 1. The second-order valence-electron chi connectivity index (χ2n) is 7.30. The summed E-state index contributed by atoms with van der Waals surface area (Å²) in [6, 6.07) is 23.3. The molecule has 1 aromatic heterocycles. The standard InChI is InChI=1S/C27H21NO6/c1-2-14-28-26(30)23-15-20-10-13-22(16-24(20)34-27(23)31)33-25(29)17-32-21-11-8-19(9-12-21)18-6-4-3-5-7-18/h2-13,15-16H,1,14,17H2,(H,28,30). The Morgan fingerprint density at radius 3 is 2.35 bits per heavy atom. The van der Waals surface area contributed by atoms with Crippen molar-refractivity contribution < 1.29 is 23.5 Å². The zero-order chi connectivity index (χ0) is 23.9. The quantitative estimate of drug-likeness (QED) is 0.184. The van der Waals surface area contributed by atoms with Gasteiger partial charge in [-0.25, -0.2) is 9.59 Å². The van der Waals surface area contributed by atoms with Crippen LogP contribution in [-0.4, -0.2) is 25.0 Å². The molecule has 0 fully saturated rings. The van der Waals surface area contributed by atoms with Crippen LogP contribution in [0.1, 0.15) is 10.4 Å². The molecule has 0 bridgehead atoms. The summed E-state index contributed by atoms with van der Waals surface area (Å²) in [6.07, 6.45) is 1.50. The molecule has 1 heterocycles. The minimum absolute atomic E-state index is 0.120. The molecular formula is C27H21NO6. The first-order valence-electron chi connectivity index (χ1n) is 10.5. The molecule has 0 aliphatic carbocycles. The van der Waals surface area contributed by atoms with Gasteiger partial charge in [0.25, 0.3) is 5.91 Å². The highest BCUT2D eigenvalue weighted by molar-refractivity contribution is 5.96. The van der Waals surface area contributed by atoms with Gasteiger partial charge in [-0.1, -0.05) is 48.5 Å². The van der Waals surface area contributed by atoms with E-state index in [2.05, 4.69) is 11.9 Å². The van der Waals surface area contributed by atoms with Crippen LogP contribution >= 0.6 is 0 Å². The Bertz CT molecular complexity index is 1390. The molecule has 0 aliphatic rings. The normalized spacial score (nSPS) is 10.5. The van der Waals surface area contributed by atoms with E-state index in [0.29, 0.717) is 11.1 Å². The van der Waals surface area contributed by atoms with Gasteiger partial charge in [-0.05, 0) is 41.5 Å². The average molecular weight is 455 g/mol. The molecule has 1 N–H and O–H groups in total. The monoisotopic (exact) mass is 455 g/mol. The second-order valence-corrected chi connectivity index (χ2v) is 7.30. The lowest BCUT2D eigenvalue weighted by Crippen LogP contribution is -2.28. The number of hydrogen-bond acceptors (Lipinski definition) is 6. The maximum atomic E-state index is 12.2. The number of nitrogens with one attached hydrogen (secondary N) is 1. The van der Waals surface area contributed by atoms with Crippen molar-refractivity contribution in [3.05, 3.63) is 108 Å². The minimum atomic E-state index is -0.792. The lowest BCUT2D eigenvalue weighted by atomic mass is 10.1. The molecular weight excluding hydrogens is 434 g/mol. The zero-order valence-electron chi connectivity index (χ0n) is 18.2. The van der Waals surface area contributed by atoms with Crippen molar-refractivity contribution in [2.24, 2.45) is 0 Å². The summed E-state index contributed by atoms with van der Waals surface area (Å²) in [6.45, 7) is 3.44. The molecule has 4 aromatic rings. The van der Waals surface area contributed by atoms with Crippen molar-refractivity contribution in [2.45, 2.75) is 0 Å². The number of rotatable bonds is 8. The van der Waals surface area contributed by atoms with E-state index in [1.54, 1.807) is 24.3 Å². The Balaban J connectivity index is 1.38. The smallest absolute Gasteiger partial charge is 0.349 e. The number of carbonyl (C=O) groups excluding carboxylic acids is 2. The molecule has 7 nitrogen and oxygen atoms in total. The summed E-state index contributed by atoms with van der Waals surface area (Å²) >= 11 is 0. The van der Waals surface area contributed by atoms with Crippen molar-refractivity contribution >= 4 is 22.8 Å². The summed E-state index contributed by atoms with van der Waals surface area (Å²) in [5, 5.41) is 3.04. The van der Waals surface area contributed by atoms with Gasteiger partial charge >= 0.3 is 11.6 Å². The zero-order valence-corrected chi connectivity index (χ0v) is 18.2. The first-order valence-corrected chi connectivity index (χ1v) is 10.5. The van der Waals surface area contributed by atoms with Crippen molar-refractivity contribution in [2.75, 3.05) is 13.2 Å². The molecule has 0 saturated carbocycles. The Kier molecular flexibility index (Phi) is 6.84. The predicted octanol–water partition coefficient (Wildman–Crippen LogP) is 4.36. The van der Waals surface area contributed by atoms with Crippen LogP contribution in [0.25, 0.3) is 22.1 Å². The fourth-order valence-electron chi connectivity index (χ4n) is 3.25. The third-order valence-corrected chi connectivity index (χ3v) is 4.91. The number of carbonyl (C=O) groups is 2. The third-order valence-electron chi connectivity index (χ3n) is 4.91. The van der Waals surface area contributed by atoms with Crippen molar-refractivity contribution in [1.29, 1.82) is 0 Å². The van der Waals surface area contributed by atoms with Crippen LogP contribution in [0.4, 0.5) is 0 Å². The van der Waals surface area contributed by atoms with E-state index < -0.39 is 17.5 Å². The molecule has 0 atom stereocenters. The van der Waals surface area contributed by atoms with Crippen molar-refractivity contribution in [3.8, 4) is 22.6 Å². The molecule has 0 radical (unpaired) electrons. The van der Waals surface area contributed by atoms with E-state index in [9.17, 15) is 14.4 Å². The van der Waals surface area contributed by atoms with E-state index in [0.717, 1.165) is 11.1 Å². The number of ether oxygens (including phenoxy) is 2. The van der Waals surface area contributed by atoms with Crippen LogP contribution < -0.4 is 20.4 Å². The fourth-order valence-corrected chi connectivity index (χ4v) is 3.25. The Morgan fingerprint density at radius 1 is 0.912 bits per heavy atom. The molecule has 34 heavy (non-hydrogen) atoms. The summed E-state index contributed by atoms with van der Waals surface area (Å²) < 4.78 is 16.0. The minimum Gasteiger partial charge on any atom is -0.482 e. The summed E-state index contributed by atoms with van der Waals surface area (Å²) in [7, 11) is 0. The van der Waals surface area contributed by atoms with Crippen molar-refractivity contribution in [1.82, 2.24) is 5.32 Å². The maximum Gasteiger partial charge on any atom is 0.349 e. The topological polar surface area (TPSA) is 94.8 Å². The SMILES string of the molecule is C=CCNC(=O)c1cc2ccc(OC(=O)COc3ccc(-c4ccccc4)cc3)cc2oc1=O. The molecule has 4 rings (SSSR count). The van der Waals surface area contributed by atoms with E-state index in [4.69, 9.17) is 13.9 Å². The van der Waals surface area contributed by atoms with Crippen LogP contribution in [-0.2, 0) is 4.79 Å². The van der Waals surface area contributed by atoms with Crippen LogP contribution in [0.2, 0.25) is 0 Å². The van der Waals surface area contributed by atoms with Gasteiger partial charge in [0.2, 0.25) is 0 Å². The number of amides is 1. The van der Waals surface area contributed by atoms with Gasteiger partial charge in [-0.2, -0.15) is 0 Å². The highest BCUT2D eigenvalue weighted by Crippen LogP contribution is 2.23. The predicted molar refractivity (Wildman–Crippen MR) is 128 cm³/mol. The molecule has 3 aromatic carbocycles.